The van der Waals surface area contributed by atoms with Gasteiger partial charge in [-0.2, -0.15) is 0 Å². The number of allylic oxidation sites excluding steroid dienone is 1. The molecule has 1 unspecified atom stereocenters. The summed E-state index contributed by atoms with van der Waals surface area (Å²) in [5.74, 6) is 2.06. The minimum absolute atomic E-state index is 0.0798. The van der Waals surface area contributed by atoms with Gasteiger partial charge in [0, 0.05) is 11.3 Å². The second kappa shape index (κ2) is 6.55. The summed E-state index contributed by atoms with van der Waals surface area (Å²) >= 11 is 5.90. The van der Waals surface area contributed by atoms with Crippen molar-refractivity contribution in [1.29, 1.82) is 0 Å². The number of methoxy groups -OCH3 is 1. The van der Waals surface area contributed by atoms with Crippen molar-refractivity contribution >= 4 is 11.6 Å². The maximum Gasteiger partial charge on any atom is 0.161 e. The van der Waals surface area contributed by atoms with E-state index in [1.165, 1.54) is 0 Å². The number of hydrogen-bond donors (Lipinski definition) is 0. The molecule has 0 amide bonds. The van der Waals surface area contributed by atoms with Crippen molar-refractivity contribution in [2.24, 2.45) is 5.41 Å². The summed E-state index contributed by atoms with van der Waals surface area (Å²) in [5.41, 5.74) is -0.0798. The lowest BCUT2D eigenvalue weighted by Gasteiger charge is -2.22. The van der Waals surface area contributed by atoms with E-state index < -0.39 is 0 Å². The molecule has 3 heteroatoms. The van der Waals surface area contributed by atoms with Crippen molar-refractivity contribution < 1.29 is 9.47 Å². The highest BCUT2D eigenvalue weighted by molar-refractivity contribution is 6.18. The van der Waals surface area contributed by atoms with Crippen LogP contribution < -0.4 is 9.47 Å². The minimum atomic E-state index is -0.0798. The van der Waals surface area contributed by atoms with Gasteiger partial charge in [-0.1, -0.05) is 25.1 Å². The lowest BCUT2D eigenvalue weighted by atomic mass is 9.90. The zero-order valence-electron chi connectivity index (χ0n) is 10.4. The smallest absolute Gasteiger partial charge is 0.161 e. The van der Waals surface area contributed by atoms with E-state index >= 15 is 0 Å². The van der Waals surface area contributed by atoms with E-state index in [-0.39, 0.29) is 5.41 Å². The number of halogens is 1. The van der Waals surface area contributed by atoms with E-state index in [0.29, 0.717) is 12.5 Å². The number of alkyl halides is 1. The fourth-order valence-corrected chi connectivity index (χ4v) is 1.60. The molecule has 0 N–H and O–H groups in total. The van der Waals surface area contributed by atoms with Crippen molar-refractivity contribution in [3.8, 4) is 11.5 Å². The molecule has 0 bridgehead atoms. The van der Waals surface area contributed by atoms with Gasteiger partial charge in [0.05, 0.1) is 13.7 Å². The first kappa shape index (κ1) is 13.9. The van der Waals surface area contributed by atoms with Gasteiger partial charge in [-0.15, -0.1) is 18.2 Å². The molecular weight excluding hydrogens is 236 g/mol. The average Bonchev–Trinajstić information content (AvgIpc) is 2.39. The first-order valence-electron chi connectivity index (χ1n) is 5.60. The van der Waals surface area contributed by atoms with E-state index in [1.54, 1.807) is 7.11 Å². The number of para-hydroxylation sites is 2. The van der Waals surface area contributed by atoms with E-state index in [2.05, 4.69) is 13.5 Å². The topological polar surface area (TPSA) is 18.5 Å². The lowest BCUT2D eigenvalue weighted by molar-refractivity contribution is 0.251. The van der Waals surface area contributed by atoms with Gasteiger partial charge in [-0.3, -0.25) is 0 Å². The van der Waals surface area contributed by atoms with Crippen molar-refractivity contribution in [3.05, 3.63) is 36.9 Å². The Morgan fingerprint density at radius 1 is 1.35 bits per heavy atom. The fourth-order valence-electron chi connectivity index (χ4n) is 1.36. The molecule has 0 saturated heterocycles. The molecule has 94 valence electrons. The molecule has 0 heterocycles. The Kier molecular flexibility index (Phi) is 5.36. The molecule has 0 aliphatic carbocycles. The zero-order chi connectivity index (χ0) is 12.7. The normalized spacial score (nSPS) is 13.8. The van der Waals surface area contributed by atoms with Gasteiger partial charge in [0.15, 0.2) is 11.5 Å². The standard InChI is InChI=1S/C14H19ClO2/c1-4-14(2,11-15)9-10-17-13-8-6-5-7-12(13)16-3/h4-8H,1,9-11H2,2-3H3. The molecule has 1 aromatic rings. The second-order valence-electron chi connectivity index (χ2n) is 4.24. The van der Waals surface area contributed by atoms with E-state index in [1.807, 2.05) is 30.3 Å². The molecule has 0 fully saturated rings. The third kappa shape index (κ3) is 3.97. The highest BCUT2D eigenvalue weighted by atomic mass is 35.5. The molecule has 0 saturated carbocycles. The molecule has 1 atom stereocenters. The van der Waals surface area contributed by atoms with Crippen LogP contribution in [-0.4, -0.2) is 19.6 Å². The van der Waals surface area contributed by atoms with Gasteiger partial charge in [-0.25, -0.2) is 0 Å². The summed E-state index contributed by atoms with van der Waals surface area (Å²) in [6.45, 7) is 6.46. The van der Waals surface area contributed by atoms with Crippen LogP contribution in [0, 0.1) is 5.41 Å². The number of benzene rings is 1. The van der Waals surface area contributed by atoms with Crippen LogP contribution >= 0.6 is 11.6 Å². The molecule has 17 heavy (non-hydrogen) atoms. The number of hydrogen-bond acceptors (Lipinski definition) is 2. The van der Waals surface area contributed by atoms with Crippen LogP contribution in [0.3, 0.4) is 0 Å². The Balaban J connectivity index is 2.53. The van der Waals surface area contributed by atoms with Crippen LogP contribution in [0.5, 0.6) is 11.5 Å². The Bertz CT molecular complexity index is 365. The molecule has 0 radical (unpaired) electrons. The lowest BCUT2D eigenvalue weighted by Crippen LogP contribution is -2.18. The largest absolute Gasteiger partial charge is 0.493 e. The van der Waals surface area contributed by atoms with Gasteiger partial charge in [0.25, 0.3) is 0 Å². The molecule has 0 spiro atoms. The first-order valence-corrected chi connectivity index (χ1v) is 6.14. The maximum atomic E-state index is 5.90. The molecule has 0 aliphatic rings. The van der Waals surface area contributed by atoms with Gasteiger partial charge < -0.3 is 9.47 Å². The van der Waals surface area contributed by atoms with Crippen LogP contribution in [0.1, 0.15) is 13.3 Å². The molecule has 0 aromatic heterocycles. The average molecular weight is 255 g/mol. The highest BCUT2D eigenvalue weighted by Gasteiger charge is 2.18. The zero-order valence-corrected chi connectivity index (χ0v) is 11.2. The van der Waals surface area contributed by atoms with Crippen molar-refractivity contribution in [2.45, 2.75) is 13.3 Å². The third-order valence-corrected chi connectivity index (χ3v) is 3.41. The van der Waals surface area contributed by atoms with Gasteiger partial charge in [0.1, 0.15) is 0 Å². The summed E-state index contributed by atoms with van der Waals surface area (Å²) < 4.78 is 10.9. The Morgan fingerprint density at radius 2 is 2.00 bits per heavy atom. The second-order valence-corrected chi connectivity index (χ2v) is 4.51. The van der Waals surface area contributed by atoms with E-state index in [0.717, 1.165) is 17.9 Å². The Hall–Kier alpha value is -1.15. The first-order chi connectivity index (χ1) is 8.15. The molecular formula is C14H19ClO2. The molecule has 1 rings (SSSR count). The summed E-state index contributed by atoms with van der Waals surface area (Å²) in [6.07, 6.45) is 2.71. The van der Waals surface area contributed by atoms with Crippen LogP contribution in [0.15, 0.2) is 36.9 Å². The van der Waals surface area contributed by atoms with Crippen LogP contribution in [0.4, 0.5) is 0 Å². The van der Waals surface area contributed by atoms with E-state index in [9.17, 15) is 0 Å². The number of ether oxygens (including phenoxy) is 2. The van der Waals surface area contributed by atoms with Crippen LogP contribution in [0.25, 0.3) is 0 Å². The highest BCUT2D eigenvalue weighted by Crippen LogP contribution is 2.28. The summed E-state index contributed by atoms with van der Waals surface area (Å²) in [6, 6.07) is 7.61. The Morgan fingerprint density at radius 3 is 2.53 bits per heavy atom. The minimum Gasteiger partial charge on any atom is -0.493 e. The summed E-state index contributed by atoms with van der Waals surface area (Å²) in [7, 11) is 1.63. The van der Waals surface area contributed by atoms with E-state index in [4.69, 9.17) is 21.1 Å². The predicted molar refractivity (Wildman–Crippen MR) is 72.1 cm³/mol. The summed E-state index contributed by atoms with van der Waals surface area (Å²) in [4.78, 5) is 0. The predicted octanol–water partition coefficient (Wildman–Crippen LogP) is 3.90. The third-order valence-electron chi connectivity index (χ3n) is 2.80. The van der Waals surface area contributed by atoms with Crippen LogP contribution in [-0.2, 0) is 0 Å². The van der Waals surface area contributed by atoms with Gasteiger partial charge >= 0.3 is 0 Å². The number of rotatable bonds is 7. The molecule has 1 aromatic carbocycles. The summed E-state index contributed by atoms with van der Waals surface area (Å²) in [5, 5.41) is 0. The van der Waals surface area contributed by atoms with Crippen molar-refractivity contribution in [1.82, 2.24) is 0 Å². The van der Waals surface area contributed by atoms with Crippen molar-refractivity contribution in [2.75, 3.05) is 19.6 Å². The van der Waals surface area contributed by atoms with Gasteiger partial charge in [-0.05, 0) is 18.6 Å². The maximum absolute atomic E-state index is 5.90. The molecule has 2 nitrogen and oxygen atoms in total. The monoisotopic (exact) mass is 254 g/mol. The SMILES string of the molecule is C=CC(C)(CCl)CCOc1ccccc1OC. The van der Waals surface area contributed by atoms with Crippen molar-refractivity contribution in [3.63, 3.8) is 0 Å². The van der Waals surface area contributed by atoms with Gasteiger partial charge in [0.2, 0.25) is 0 Å². The molecule has 0 aliphatic heterocycles. The Labute approximate surface area is 108 Å². The van der Waals surface area contributed by atoms with Crippen LogP contribution in [0.2, 0.25) is 0 Å². The fraction of sp³-hybridized carbons (Fsp3) is 0.429. The quantitative estimate of drug-likeness (QED) is 0.543.